The minimum absolute atomic E-state index is 0.0534. The topological polar surface area (TPSA) is 58.6 Å². The number of likely N-dealkylation sites (tertiary alicyclic amines) is 1. The van der Waals surface area contributed by atoms with Gasteiger partial charge >= 0.3 is 0 Å². The van der Waals surface area contributed by atoms with Gasteiger partial charge in [0.1, 0.15) is 5.75 Å². The summed E-state index contributed by atoms with van der Waals surface area (Å²) in [5.41, 5.74) is 1.06. The zero-order chi connectivity index (χ0) is 20.8. The molecule has 2 amide bonds. The second kappa shape index (κ2) is 7.66. The molecule has 5 nitrogen and oxygen atoms in total. The van der Waals surface area contributed by atoms with Gasteiger partial charge in [0.2, 0.25) is 11.8 Å². The van der Waals surface area contributed by atoms with Crippen LogP contribution >= 0.6 is 0 Å². The lowest BCUT2D eigenvalue weighted by molar-refractivity contribution is -0.132. The molecule has 2 saturated carbocycles. The van der Waals surface area contributed by atoms with Gasteiger partial charge in [-0.05, 0) is 63.1 Å². The molecule has 1 N–H and O–H groups in total. The molecular formula is C24H34N2O3. The van der Waals surface area contributed by atoms with Gasteiger partial charge in [-0.2, -0.15) is 0 Å². The third kappa shape index (κ3) is 3.76. The van der Waals surface area contributed by atoms with Crippen molar-refractivity contribution in [3.63, 3.8) is 0 Å². The molecule has 0 aromatic heterocycles. The third-order valence-corrected chi connectivity index (χ3v) is 7.30. The van der Waals surface area contributed by atoms with Gasteiger partial charge in [0.25, 0.3) is 0 Å². The minimum atomic E-state index is -0.235. The second-order valence-electron chi connectivity index (χ2n) is 10.0. The number of nitrogens with zero attached hydrogens (tertiary/aromatic N) is 1. The predicted octanol–water partition coefficient (Wildman–Crippen LogP) is 3.73. The number of hydrogen-bond acceptors (Lipinski definition) is 3. The van der Waals surface area contributed by atoms with Gasteiger partial charge in [0.15, 0.2) is 0 Å². The smallest absolute Gasteiger partial charge is 0.225 e. The highest BCUT2D eigenvalue weighted by Crippen LogP contribution is 2.54. The van der Waals surface area contributed by atoms with Gasteiger partial charge in [-0.1, -0.05) is 25.0 Å². The summed E-state index contributed by atoms with van der Waals surface area (Å²) in [7, 11) is 1.68. The number of ether oxygens (including phenoxy) is 1. The largest absolute Gasteiger partial charge is 0.497 e. The van der Waals surface area contributed by atoms with Crippen LogP contribution in [0.2, 0.25) is 0 Å². The van der Waals surface area contributed by atoms with E-state index in [1.165, 1.54) is 31.2 Å². The molecule has 5 heteroatoms. The maximum atomic E-state index is 13.1. The molecule has 29 heavy (non-hydrogen) atoms. The van der Waals surface area contributed by atoms with Crippen molar-refractivity contribution >= 4 is 11.8 Å². The van der Waals surface area contributed by atoms with Crippen LogP contribution in [0.4, 0.5) is 0 Å². The van der Waals surface area contributed by atoms with Crippen molar-refractivity contribution in [2.45, 2.75) is 70.4 Å². The lowest BCUT2D eigenvalue weighted by atomic mass is 9.53. The second-order valence-corrected chi connectivity index (χ2v) is 10.0. The molecule has 0 radical (unpaired) electrons. The van der Waals surface area contributed by atoms with Crippen molar-refractivity contribution in [2.24, 2.45) is 17.8 Å². The SMILES string of the molecule is COc1ccc([C@H]2[C@@H]3CCCC[C@H]3[C@@H]2NC(=O)[C@@H]2CC(=O)N(C(C)(C)C)C2)cc1. The number of nitrogens with one attached hydrogen (secondary N) is 1. The first-order valence-electron chi connectivity index (χ1n) is 11.0. The number of fused-ring (bicyclic) bond motifs is 1. The van der Waals surface area contributed by atoms with Gasteiger partial charge < -0.3 is 15.0 Å². The number of rotatable bonds is 4. The van der Waals surface area contributed by atoms with Crippen LogP contribution in [0, 0.1) is 17.8 Å². The van der Waals surface area contributed by atoms with E-state index in [1.54, 1.807) is 7.11 Å². The third-order valence-electron chi connectivity index (χ3n) is 7.30. The quantitative estimate of drug-likeness (QED) is 0.841. The van der Waals surface area contributed by atoms with E-state index < -0.39 is 0 Å². The van der Waals surface area contributed by atoms with Crippen molar-refractivity contribution in [2.75, 3.05) is 13.7 Å². The summed E-state index contributed by atoms with van der Waals surface area (Å²) in [6.07, 6.45) is 5.30. The minimum Gasteiger partial charge on any atom is -0.497 e. The normalized spacial score (nSPS) is 31.8. The van der Waals surface area contributed by atoms with Crippen LogP contribution in [-0.4, -0.2) is 41.9 Å². The molecule has 158 valence electrons. The van der Waals surface area contributed by atoms with Crippen LogP contribution in [0.5, 0.6) is 5.75 Å². The number of benzene rings is 1. The molecule has 0 bridgehead atoms. The van der Waals surface area contributed by atoms with Gasteiger partial charge in [-0.15, -0.1) is 0 Å². The Morgan fingerprint density at radius 2 is 1.76 bits per heavy atom. The van der Waals surface area contributed by atoms with Crippen molar-refractivity contribution in [1.29, 1.82) is 0 Å². The fraction of sp³-hybridized carbons (Fsp3) is 0.667. The van der Waals surface area contributed by atoms with Crippen molar-refractivity contribution in [3.05, 3.63) is 29.8 Å². The van der Waals surface area contributed by atoms with Crippen molar-refractivity contribution < 1.29 is 14.3 Å². The first-order chi connectivity index (χ1) is 13.8. The van der Waals surface area contributed by atoms with Crippen LogP contribution in [0.1, 0.15) is 64.4 Å². The number of hydrogen-bond donors (Lipinski definition) is 1. The Kier molecular flexibility index (Phi) is 5.34. The predicted molar refractivity (Wildman–Crippen MR) is 113 cm³/mol. The highest BCUT2D eigenvalue weighted by atomic mass is 16.5. The fourth-order valence-corrected chi connectivity index (χ4v) is 5.76. The average Bonchev–Trinajstić information content (AvgIpc) is 3.09. The molecule has 2 aliphatic carbocycles. The molecule has 4 rings (SSSR count). The Morgan fingerprint density at radius 1 is 1.10 bits per heavy atom. The number of methoxy groups -OCH3 is 1. The van der Waals surface area contributed by atoms with Gasteiger partial charge in [-0.25, -0.2) is 0 Å². The Balaban J connectivity index is 1.48. The molecule has 1 heterocycles. The lowest BCUT2D eigenvalue weighted by Gasteiger charge is -2.55. The Labute approximate surface area is 174 Å². The summed E-state index contributed by atoms with van der Waals surface area (Å²) in [5.74, 6) is 2.35. The maximum absolute atomic E-state index is 13.1. The van der Waals surface area contributed by atoms with Crippen LogP contribution in [0.25, 0.3) is 0 Å². The molecular weight excluding hydrogens is 364 g/mol. The molecule has 0 spiro atoms. The van der Waals surface area contributed by atoms with E-state index in [0.29, 0.717) is 30.7 Å². The van der Waals surface area contributed by atoms with Crippen LogP contribution in [-0.2, 0) is 9.59 Å². The van der Waals surface area contributed by atoms with E-state index in [1.807, 2.05) is 37.8 Å². The van der Waals surface area contributed by atoms with Gasteiger partial charge in [0.05, 0.1) is 13.0 Å². The summed E-state index contributed by atoms with van der Waals surface area (Å²) in [6, 6.07) is 8.50. The molecule has 1 saturated heterocycles. The summed E-state index contributed by atoms with van der Waals surface area (Å²) in [4.78, 5) is 27.4. The number of carbonyl (C=O) groups is 2. The zero-order valence-electron chi connectivity index (χ0n) is 18.1. The summed E-state index contributed by atoms with van der Waals surface area (Å²) in [6.45, 7) is 6.62. The maximum Gasteiger partial charge on any atom is 0.225 e. The molecule has 1 aromatic carbocycles. The van der Waals surface area contributed by atoms with E-state index in [0.717, 1.165) is 5.75 Å². The molecule has 3 fully saturated rings. The van der Waals surface area contributed by atoms with Gasteiger partial charge in [0, 0.05) is 30.5 Å². The van der Waals surface area contributed by atoms with E-state index >= 15 is 0 Å². The summed E-state index contributed by atoms with van der Waals surface area (Å²) < 4.78 is 5.31. The van der Waals surface area contributed by atoms with E-state index in [9.17, 15) is 9.59 Å². The highest BCUT2D eigenvalue weighted by Gasteiger charge is 2.52. The van der Waals surface area contributed by atoms with Crippen LogP contribution in [0.3, 0.4) is 0 Å². The summed E-state index contributed by atoms with van der Waals surface area (Å²) in [5, 5.41) is 3.38. The average molecular weight is 399 g/mol. The molecule has 3 aliphatic rings. The highest BCUT2D eigenvalue weighted by molar-refractivity contribution is 5.89. The van der Waals surface area contributed by atoms with Crippen molar-refractivity contribution in [1.82, 2.24) is 10.2 Å². The number of amides is 2. The molecule has 1 aromatic rings. The summed E-state index contributed by atoms with van der Waals surface area (Å²) >= 11 is 0. The first kappa shape index (κ1) is 20.2. The zero-order valence-corrected chi connectivity index (χ0v) is 18.1. The van der Waals surface area contributed by atoms with E-state index in [-0.39, 0.29) is 29.3 Å². The Morgan fingerprint density at radius 3 is 2.34 bits per heavy atom. The molecule has 1 aliphatic heterocycles. The van der Waals surface area contributed by atoms with Crippen molar-refractivity contribution in [3.8, 4) is 5.75 Å². The number of carbonyl (C=O) groups excluding carboxylic acids is 2. The van der Waals surface area contributed by atoms with E-state index in [2.05, 4.69) is 17.4 Å². The standard InChI is InChI=1S/C24H34N2O3/c1-24(2,3)26-14-16(13-20(26)27)23(28)25-22-19-8-6-5-7-18(19)21(22)15-9-11-17(29-4)12-10-15/h9-12,16,18-19,21-22H,5-8,13-14H2,1-4H3,(H,25,28)/t16-,18-,19-,21+,22+/m1/s1. The Bertz CT molecular complexity index is 767. The van der Waals surface area contributed by atoms with E-state index in [4.69, 9.17) is 4.74 Å². The Hall–Kier alpha value is -2.04. The first-order valence-corrected chi connectivity index (χ1v) is 11.0. The van der Waals surface area contributed by atoms with Gasteiger partial charge in [-0.3, -0.25) is 9.59 Å². The monoisotopic (exact) mass is 398 g/mol. The fourth-order valence-electron chi connectivity index (χ4n) is 5.76. The van der Waals surface area contributed by atoms with Crippen LogP contribution in [0.15, 0.2) is 24.3 Å². The van der Waals surface area contributed by atoms with Crippen LogP contribution < -0.4 is 10.1 Å². The lowest BCUT2D eigenvalue weighted by Crippen LogP contribution is -2.60. The molecule has 0 unspecified atom stereocenters. The molecule has 5 atom stereocenters.